The van der Waals surface area contributed by atoms with Gasteiger partial charge in [0.1, 0.15) is 5.82 Å². The SMILES string of the molecule is COCCc1nsc(Nc2cccc(CN3CCSCC3)c2)n1. The second kappa shape index (κ2) is 8.63. The molecule has 0 aliphatic carbocycles. The number of hydrogen-bond acceptors (Lipinski definition) is 7. The Hall–Kier alpha value is -1.15. The van der Waals surface area contributed by atoms with E-state index in [1.54, 1.807) is 7.11 Å². The molecule has 1 aliphatic rings. The number of anilines is 2. The van der Waals surface area contributed by atoms with Gasteiger partial charge in [-0.3, -0.25) is 4.90 Å². The normalized spacial score (nSPS) is 15.7. The first-order valence-corrected chi connectivity index (χ1v) is 9.74. The van der Waals surface area contributed by atoms with Crippen molar-refractivity contribution in [3.8, 4) is 0 Å². The van der Waals surface area contributed by atoms with Crippen LogP contribution in [0.25, 0.3) is 0 Å². The number of nitrogens with one attached hydrogen (secondary N) is 1. The topological polar surface area (TPSA) is 50.3 Å². The van der Waals surface area contributed by atoms with Crippen LogP contribution in [0.1, 0.15) is 11.4 Å². The van der Waals surface area contributed by atoms with E-state index in [0.29, 0.717) is 6.61 Å². The van der Waals surface area contributed by atoms with Crippen LogP contribution in [0.3, 0.4) is 0 Å². The van der Waals surface area contributed by atoms with E-state index in [9.17, 15) is 0 Å². The first-order chi connectivity index (χ1) is 11.3. The Morgan fingerprint density at radius 3 is 3.00 bits per heavy atom. The minimum atomic E-state index is 0.653. The van der Waals surface area contributed by atoms with Gasteiger partial charge in [-0.2, -0.15) is 16.1 Å². The molecule has 124 valence electrons. The number of nitrogens with zero attached hydrogens (tertiary/aromatic N) is 3. The number of thioether (sulfide) groups is 1. The van der Waals surface area contributed by atoms with Crippen molar-refractivity contribution >= 4 is 34.1 Å². The molecule has 0 atom stereocenters. The minimum absolute atomic E-state index is 0.653. The summed E-state index contributed by atoms with van der Waals surface area (Å²) in [6, 6.07) is 8.57. The smallest absolute Gasteiger partial charge is 0.207 e. The molecule has 1 aromatic heterocycles. The summed E-state index contributed by atoms with van der Waals surface area (Å²) in [7, 11) is 1.69. The molecule has 3 rings (SSSR count). The van der Waals surface area contributed by atoms with Gasteiger partial charge in [0.05, 0.1) is 6.61 Å². The third kappa shape index (κ3) is 5.17. The number of methoxy groups -OCH3 is 1. The highest BCUT2D eigenvalue weighted by Crippen LogP contribution is 2.21. The van der Waals surface area contributed by atoms with Gasteiger partial charge in [0.15, 0.2) is 0 Å². The van der Waals surface area contributed by atoms with E-state index in [1.807, 2.05) is 11.8 Å². The predicted molar refractivity (Wildman–Crippen MR) is 97.8 cm³/mol. The zero-order chi connectivity index (χ0) is 15.9. The molecular weight excluding hydrogens is 328 g/mol. The third-order valence-corrected chi connectivity index (χ3v) is 5.30. The molecule has 1 N–H and O–H groups in total. The molecule has 1 aliphatic heterocycles. The summed E-state index contributed by atoms with van der Waals surface area (Å²) >= 11 is 3.44. The minimum Gasteiger partial charge on any atom is -0.384 e. The molecular formula is C16H22N4OS2. The molecule has 1 aromatic carbocycles. The van der Waals surface area contributed by atoms with E-state index in [2.05, 4.69) is 43.8 Å². The quantitative estimate of drug-likeness (QED) is 0.828. The fraction of sp³-hybridized carbons (Fsp3) is 0.500. The first-order valence-electron chi connectivity index (χ1n) is 7.81. The summed E-state index contributed by atoms with van der Waals surface area (Å²) in [6.45, 7) is 4.04. The zero-order valence-electron chi connectivity index (χ0n) is 13.3. The lowest BCUT2D eigenvalue weighted by Crippen LogP contribution is -2.31. The zero-order valence-corrected chi connectivity index (χ0v) is 15.0. The van der Waals surface area contributed by atoms with Crippen molar-refractivity contribution in [2.24, 2.45) is 0 Å². The van der Waals surface area contributed by atoms with Gasteiger partial charge in [-0.25, -0.2) is 4.98 Å². The van der Waals surface area contributed by atoms with Crippen molar-refractivity contribution in [1.29, 1.82) is 0 Å². The molecule has 0 amide bonds. The molecule has 5 nitrogen and oxygen atoms in total. The molecule has 2 aromatic rings. The lowest BCUT2D eigenvalue weighted by molar-refractivity contribution is 0.201. The molecule has 0 radical (unpaired) electrons. The van der Waals surface area contributed by atoms with Crippen molar-refractivity contribution in [2.75, 3.05) is 43.6 Å². The Morgan fingerprint density at radius 1 is 1.30 bits per heavy atom. The maximum absolute atomic E-state index is 5.06. The molecule has 0 saturated carbocycles. The van der Waals surface area contributed by atoms with E-state index in [-0.39, 0.29) is 0 Å². The first kappa shape index (κ1) is 16.7. The number of rotatable bonds is 7. The van der Waals surface area contributed by atoms with Gasteiger partial charge in [0.2, 0.25) is 5.13 Å². The van der Waals surface area contributed by atoms with Crippen LogP contribution in [0.15, 0.2) is 24.3 Å². The molecule has 2 heterocycles. The average molecular weight is 351 g/mol. The number of hydrogen-bond donors (Lipinski definition) is 1. The van der Waals surface area contributed by atoms with Gasteiger partial charge in [-0.05, 0) is 17.7 Å². The van der Waals surface area contributed by atoms with Crippen LogP contribution in [0.4, 0.5) is 10.8 Å². The van der Waals surface area contributed by atoms with Gasteiger partial charge in [-0.15, -0.1) is 0 Å². The highest BCUT2D eigenvalue weighted by molar-refractivity contribution is 7.99. The summed E-state index contributed by atoms with van der Waals surface area (Å²) in [5.74, 6) is 3.32. The summed E-state index contributed by atoms with van der Waals surface area (Å²) < 4.78 is 9.40. The largest absolute Gasteiger partial charge is 0.384 e. The van der Waals surface area contributed by atoms with E-state index >= 15 is 0 Å². The van der Waals surface area contributed by atoms with Crippen LogP contribution in [0.5, 0.6) is 0 Å². The van der Waals surface area contributed by atoms with Crippen LogP contribution in [0, 0.1) is 0 Å². The van der Waals surface area contributed by atoms with Crippen molar-refractivity contribution in [1.82, 2.24) is 14.3 Å². The Morgan fingerprint density at radius 2 is 2.17 bits per heavy atom. The Labute approximate surface area is 145 Å². The maximum Gasteiger partial charge on any atom is 0.207 e. The lowest BCUT2D eigenvalue weighted by atomic mass is 10.2. The highest BCUT2D eigenvalue weighted by atomic mass is 32.2. The molecule has 7 heteroatoms. The van der Waals surface area contributed by atoms with Crippen molar-refractivity contribution in [2.45, 2.75) is 13.0 Å². The van der Waals surface area contributed by atoms with Gasteiger partial charge < -0.3 is 10.1 Å². The van der Waals surface area contributed by atoms with E-state index in [0.717, 1.165) is 29.6 Å². The number of ether oxygens (including phenoxy) is 1. The maximum atomic E-state index is 5.06. The van der Waals surface area contributed by atoms with E-state index in [4.69, 9.17) is 4.74 Å². The Balaban J connectivity index is 1.59. The standard InChI is InChI=1S/C16H22N4OS2/c1-21-8-5-15-18-16(23-19-15)17-14-4-2-3-13(11-14)12-20-6-9-22-10-7-20/h2-4,11H,5-10,12H2,1H3,(H,17,18,19). The molecule has 0 bridgehead atoms. The average Bonchev–Trinajstić information content (AvgIpc) is 3.01. The van der Waals surface area contributed by atoms with Gasteiger partial charge in [0, 0.05) is 61.9 Å². The van der Waals surface area contributed by atoms with Gasteiger partial charge >= 0.3 is 0 Å². The monoisotopic (exact) mass is 350 g/mol. The van der Waals surface area contributed by atoms with E-state index < -0.39 is 0 Å². The van der Waals surface area contributed by atoms with Crippen molar-refractivity contribution in [3.05, 3.63) is 35.7 Å². The van der Waals surface area contributed by atoms with Crippen molar-refractivity contribution in [3.63, 3.8) is 0 Å². The van der Waals surface area contributed by atoms with Crippen LogP contribution in [0.2, 0.25) is 0 Å². The molecule has 23 heavy (non-hydrogen) atoms. The molecule has 0 spiro atoms. The fourth-order valence-corrected chi connectivity index (χ4v) is 4.10. The van der Waals surface area contributed by atoms with Crippen LogP contribution < -0.4 is 5.32 Å². The Bertz CT molecular complexity index is 614. The summed E-state index contributed by atoms with van der Waals surface area (Å²) in [5, 5.41) is 4.20. The highest BCUT2D eigenvalue weighted by Gasteiger charge is 2.11. The van der Waals surface area contributed by atoms with Gasteiger partial charge in [-0.1, -0.05) is 12.1 Å². The Kier molecular flexibility index (Phi) is 6.27. The van der Waals surface area contributed by atoms with Crippen LogP contribution in [-0.4, -0.2) is 52.6 Å². The second-order valence-electron chi connectivity index (χ2n) is 5.47. The van der Waals surface area contributed by atoms with Crippen LogP contribution >= 0.6 is 23.3 Å². The molecule has 1 fully saturated rings. The molecule has 0 unspecified atom stereocenters. The van der Waals surface area contributed by atoms with Crippen LogP contribution in [-0.2, 0) is 17.7 Å². The predicted octanol–water partition coefficient (Wildman–Crippen LogP) is 3.02. The molecule has 1 saturated heterocycles. The summed E-state index contributed by atoms with van der Waals surface area (Å²) in [6.07, 6.45) is 0.752. The lowest BCUT2D eigenvalue weighted by Gasteiger charge is -2.26. The number of aromatic nitrogens is 2. The summed E-state index contributed by atoms with van der Waals surface area (Å²) in [5.41, 5.74) is 2.41. The third-order valence-electron chi connectivity index (χ3n) is 3.69. The van der Waals surface area contributed by atoms with E-state index in [1.165, 1.54) is 41.7 Å². The number of benzene rings is 1. The van der Waals surface area contributed by atoms with Crippen molar-refractivity contribution < 1.29 is 4.74 Å². The van der Waals surface area contributed by atoms with Gasteiger partial charge in [0.25, 0.3) is 0 Å². The fourth-order valence-electron chi connectivity index (χ4n) is 2.49. The summed E-state index contributed by atoms with van der Waals surface area (Å²) in [4.78, 5) is 7.01. The second-order valence-corrected chi connectivity index (χ2v) is 7.45.